The Labute approximate surface area is 107 Å². The van der Waals surface area contributed by atoms with Gasteiger partial charge >= 0.3 is 0 Å². The van der Waals surface area contributed by atoms with Gasteiger partial charge in [-0.05, 0) is 42.9 Å². The summed E-state index contributed by atoms with van der Waals surface area (Å²) in [6, 6.07) is 0.692. The molecule has 0 heterocycles. The second-order valence-electron chi connectivity index (χ2n) is 6.78. The topological polar surface area (TPSA) is 32.3 Å². The van der Waals surface area contributed by atoms with Crippen molar-refractivity contribution in [1.29, 1.82) is 0 Å². The van der Waals surface area contributed by atoms with Crippen LogP contribution in [0.25, 0.3) is 0 Å². The zero-order chi connectivity index (χ0) is 12.9. The second kappa shape index (κ2) is 6.75. The predicted molar refractivity (Wildman–Crippen MR) is 74.1 cm³/mol. The third kappa shape index (κ3) is 4.97. The standard InChI is InChI=1S/C15H31NO/c1-12-7-5-8-13(2)14(12)16-11-15(3,4)9-6-10-17/h12-14,16-17H,5-11H2,1-4H3. The molecular weight excluding hydrogens is 210 g/mol. The van der Waals surface area contributed by atoms with E-state index in [1.807, 2.05) is 0 Å². The monoisotopic (exact) mass is 241 g/mol. The van der Waals surface area contributed by atoms with Crippen LogP contribution in [0.15, 0.2) is 0 Å². The molecule has 102 valence electrons. The summed E-state index contributed by atoms with van der Waals surface area (Å²) in [6.45, 7) is 10.8. The fourth-order valence-electron chi connectivity index (χ4n) is 3.12. The molecule has 2 atom stereocenters. The van der Waals surface area contributed by atoms with Crippen molar-refractivity contribution in [3.63, 3.8) is 0 Å². The Hall–Kier alpha value is -0.0800. The number of nitrogens with one attached hydrogen (secondary N) is 1. The van der Waals surface area contributed by atoms with E-state index in [0.29, 0.717) is 18.1 Å². The van der Waals surface area contributed by atoms with Gasteiger partial charge in [-0.3, -0.25) is 0 Å². The van der Waals surface area contributed by atoms with Crippen molar-refractivity contribution in [1.82, 2.24) is 5.32 Å². The molecule has 0 aliphatic heterocycles. The summed E-state index contributed by atoms with van der Waals surface area (Å²) in [5.41, 5.74) is 0.305. The molecule has 0 saturated heterocycles. The minimum Gasteiger partial charge on any atom is -0.396 e. The molecule has 1 saturated carbocycles. The van der Waals surface area contributed by atoms with Gasteiger partial charge in [0.15, 0.2) is 0 Å². The van der Waals surface area contributed by atoms with Crippen molar-refractivity contribution in [2.75, 3.05) is 13.2 Å². The Bertz CT molecular complexity index is 205. The first-order chi connectivity index (χ1) is 7.96. The van der Waals surface area contributed by atoms with Crippen molar-refractivity contribution in [3.8, 4) is 0 Å². The largest absolute Gasteiger partial charge is 0.396 e. The SMILES string of the molecule is CC1CCCC(C)C1NCC(C)(C)CCCO. The van der Waals surface area contributed by atoms with E-state index in [2.05, 4.69) is 33.0 Å². The van der Waals surface area contributed by atoms with Gasteiger partial charge in [-0.1, -0.05) is 34.1 Å². The molecule has 0 radical (unpaired) electrons. The number of hydrogen-bond acceptors (Lipinski definition) is 2. The summed E-state index contributed by atoms with van der Waals surface area (Å²) in [7, 11) is 0. The van der Waals surface area contributed by atoms with E-state index >= 15 is 0 Å². The highest BCUT2D eigenvalue weighted by Gasteiger charge is 2.29. The first-order valence-corrected chi connectivity index (χ1v) is 7.30. The minimum absolute atomic E-state index is 0.305. The van der Waals surface area contributed by atoms with E-state index in [0.717, 1.165) is 31.2 Å². The lowest BCUT2D eigenvalue weighted by Gasteiger charge is -2.38. The highest BCUT2D eigenvalue weighted by molar-refractivity contribution is 4.85. The Balaban J connectivity index is 2.37. The molecular formula is C15H31NO. The molecule has 0 aromatic rings. The average Bonchev–Trinajstić information content (AvgIpc) is 2.26. The summed E-state index contributed by atoms with van der Waals surface area (Å²) >= 11 is 0. The number of hydrogen-bond donors (Lipinski definition) is 2. The predicted octanol–water partition coefficient (Wildman–Crippen LogP) is 3.20. The highest BCUT2D eigenvalue weighted by atomic mass is 16.2. The van der Waals surface area contributed by atoms with E-state index in [-0.39, 0.29) is 0 Å². The summed E-state index contributed by atoms with van der Waals surface area (Å²) < 4.78 is 0. The lowest BCUT2D eigenvalue weighted by Crippen LogP contribution is -2.46. The number of aliphatic hydroxyl groups is 1. The number of rotatable bonds is 6. The van der Waals surface area contributed by atoms with Crippen molar-refractivity contribution >= 4 is 0 Å². The normalized spacial score (nSPS) is 30.5. The maximum absolute atomic E-state index is 8.91. The lowest BCUT2D eigenvalue weighted by molar-refractivity contribution is 0.175. The molecule has 2 unspecified atom stereocenters. The van der Waals surface area contributed by atoms with Crippen molar-refractivity contribution < 1.29 is 5.11 Å². The highest BCUT2D eigenvalue weighted by Crippen LogP contribution is 2.30. The molecule has 2 nitrogen and oxygen atoms in total. The second-order valence-corrected chi connectivity index (χ2v) is 6.78. The Morgan fingerprint density at radius 3 is 2.29 bits per heavy atom. The molecule has 17 heavy (non-hydrogen) atoms. The van der Waals surface area contributed by atoms with Crippen LogP contribution in [0.3, 0.4) is 0 Å². The molecule has 0 amide bonds. The van der Waals surface area contributed by atoms with Crippen molar-refractivity contribution in [3.05, 3.63) is 0 Å². The van der Waals surface area contributed by atoms with Crippen LogP contribution in [0, 0.1) is 17.3 Å². The summed E-state index contributed by atoms with van der Waals surface area (Å²) in [5.74, 6) is 1.62. The molecule has 2 heteroatoms. The van der Waals surface area contributed by atoms with E-state index < -0.39 is 0 Å². The van der Waals surface area contributed by atoms with Crippen molar-refractivity contribution in [2.24, 2.45) is 17.3 Å². The van der Waals surface area contributed by atoms with E-state index in [4.69, 9.17) is 5.11 Å². The van der Waals surface area contributed by atoms with Crippen LogP contribution in [-0.4, -0.2) is 24.3 Å². The first-order valence-electron chi connectivity index (χ1n) is 7.30. The van der Waals surface area contributed by atoms with Crippen molar-refractivity contribution in [2.45, 2.75) is 65.8 Å². The quantitative estimate of drug-likeness (QED) is 0.748. The van der Waals surface area contributed by atoms with Crippen LogP contribution in [0.2, 0.25) is 0 Å². The first kappa shape index (κ1) is 15.0. The van der Waals surface area contributed by atoms with Crippen LogP contribution < -0.4 is 5.32 Å². The third-order valence-electron chi connectivity index (χ3n) is 4.37. The average molecular weight is 241 g/mol. The minimum atomic E-state index is 0.305. The van der Waals surface area contributed by atoms with Gasteiger partial charge in [0.25, 0.3) is 0 Å². The molecule has 1 fully saturated rings. The zero-order valence-corrected chi connectivity index (χ0v) is 12.1. The lowest BCUT2D eigenvalue weighted by atomic mass is 9.78. The van der Waals surface area contributed by atoms with E-state index in [1.54, 1.807) is 0 Å². The van der Waals surface area contributed by atoms with Crippen LogP contribution >= 0.6 is 0 Å². The van der Waals surface area contributed by atoms with Crippen LogP contribution in [-0.2, 0) is 0 Å². The zero-order valence-electron chi connectivity index (χ0n) is 12.1. The molecule has 0 bridgehead atoms. The summed E-state index contributed by atoms with van der Waals surface area (Å²) in [4.78, 5) is 0. The summed E-state index contributed by atoms with van der Waals surface area (Å²) in [6.07, 6.45) is 6.17. The van der Waals surface area contributed by atoms with Gasteiger partial charge in [-0.2, -0.15) is 0 Å². The molecule has 1 rings (SSSR count). The maximum atomic E-state index is 8.91. The Morgan fingerprint density at radius 2 is 1.76 bits per heavy atom. The molecule has 1 aliphatic carbocycles. The van der Waals surface area contributed by atoms with Gasteiger partial charge in [0.05, 0.1) is 0 Å². The Morgan fingerprint density at radius 1 is 1.18 bits per heavy atom. The van der Waals surface area contributed by atoms with Crippen LogP contribution in [0.1, 0.15) is 59.8 Å². The van der Waals surface area contributed by atoms with Gasteiger partial charge in [-0.25, -0.2) is 0 Å². The Kier molecular flexibility index (Phi) is 5.94. The van der Waals surface area contributed by atoms with Gasteiger partial charge in [0.2, 0.25) is 0 Å². The van der Waals surface area contributed by atoms with E-state index in [1.165, 1.54) is 19.3 Å². The fraction of sp³-hybridized carbons (Fsp3) is 1.00. The molecule has 0 aromatic heterocycles. The van der Waals surface area contributed by atoms with E-state index in [9.17, 15) is 0 Å². The smallest absolute Gasteiger partial charge is 0.0431 e. The van der Waals surface area contributed by atoms with Crippen LogP contribution in [0.4, 0.5) is 0 Å². The fourth-order valence-corrected chi connectivity index (χ4v) is 3.12. The van der Waals surface area contributed by atoms with Gasteiger partial charge in [0.1, 0.15) is 0 Å². The third-order valence-corrected chi connectivity index (χ3v) is 4.37. The van der Waals surface area contributed by atoms with Gasteiger partial charge < -0.3 is 10.4 Å². The molecule has 0 aromatic carbocycles. The molecule has 0 spiro atoms. The van der Waals surface area contributed by atoms with Crippen LogP contribution in [0.5, 0.6) is 0 Å². The maximum Gasteiger partial charge on any atom is 0.0431 e. The van der Waals surface area contributed by atoms with Gasteiger partial charge in [0, 0.05) is 19.2 Å². The van der Waals surface area contributed by atoms with Gasteiger partial charge in [-0.15, -0.1) is 0 Å². The number of aliphatic hydroxyl groups excluding tert-OH is 1. The molecule has 1 aliphatic rings. The summed E-state index contributed by atoms with van der Waals surface area (Å²) in [5, 5.41) is 12.7. The molecule has 2 N–H and O–H groups in total.